The quantitative estimate of drug-likeness (QED) is 0.871. The number of methoxy groups -OCH3 is 1. The van der Waals surface area contributed by atoms with Gasteiger partial charge in [0.25, 0.3) is 0 Å². The number of nitrogens with one attached hydrogen (secondary N) is 1. The van der Waals surface area contributed by atoms with Crippen LogP contribution < -0.4 is 10.1 Å². The highest BCUT2D eigenvalue weighted by atomic mass is 16.5. The van der Waals surface area contributed by atoms with Crippen LogP contribution in [-0.4, -0.2) is 18.1 Å². The summed E-state index contributed by atoms with van der Waals surface area (Å²) in [4.78, 5) is 4.36. The van der Waals surface area contributed by atoms with E-state index in [4.69, 9.17) is 4.74 Å². The van der Waals surface area contributed by atoms with Crippen molar-refractivity contribution in [3.63, 3.8) is 0 Å². The first-order chi connectivity index (χ1) is 8.17. The molecule has 1 N–H and O–H groups in total. The lowest BCUT2D eigenvalue weighted by Gasteiger charge is -2.32. The fraction of sp³-hybridized carbons (Fsp3) is 0.643. The van der Waals surface area contributed by atoms with Crippen LogP contribution >= 0.6 is 0 Å². The van der Waals surface area contributed by atoms with Crippen molar-refractivity contribution in [2.24, 2.45) is 11.8 Å². The summed E-state index contributed by atoms with van der Waals surface area (Å²) < 4.78 is 5.10. The molecular weight excluding hydrogens is 212 g/mol. The van der Waals surface area contributed by atoms with Gasteiger partial charge in [0.15, 0.2) is 0 Å². The minimum Gasteiger partial charge on any atom is -0.495 e. The first kappa shape index (κ1) is 12.2. The first-order valence-corrected chi connectivity index (χ1v) is 6.44. The second-order valence-corrected chi connectivity index (χ2v) is 5.34. The Bertz CT molecular complexity index is 340. The molecule has 2 atom stereocenters. The lowest BCUT2D eigenvalue weighted by atomic mass is 9.80. The predicted octanol–water partition coefficient (Wildman–Crippen LogP) is 3.33. The van der Waals surface area contributed by atoms with E-state index < -0.39 is 0 Å². The summed E-state index contributed by atoms with van der Waals surface area (Å²) in [6, 6.07) is 4.50. The largest absolute Gasteiger partial charge is 0.495 e. The lowest BCUT2D eigenvalue weighted by molar-refractivity contribution is 0.280. The van der Waals surface area contributed by atoms with Crippen LogP contribution in [0, 0.1) is 11.8 Å². The Balaban J connectivity index is 1.95. The van der Waals surface area contributed by atoms with Crippen LogP contribution in [0.3, 0.4) is 0 Å². The van der Waals surface area contributed by atoms with Crippen LogP contribution in [0.4, 0.5) is 5.82 Å². The number of anilines is 1. The van der Waals surface area contributed by atoms with Crippen molar-refractivity contribution in [3.8, 4) is 5.75 Å². The standard InChI is InChI=1S/C14H22N2O/c1-10-6-11(2)8-12(7-10)16-14-5-4-13(17-3)9-15-14/h4-5,9-12H,6-8H2,1-3H3,(H,15,16). The first-order valence-electron chi connectivity index (χ1n) is 6.44. The number of hydrogen-bond acceptors (Lipinski definition) is 3. The van der Waals surface area contributed by atoms with E-state index in [1.807, 2.05) is 12.1 Å². The van der Waals surface area contributed by atoms with Gasteiger partial charge in [-0.3, -0.25) is 0 Å². The molecule has 0 amide bonds. The predicted molar refractivity (Wildman–Crippen MR) is 70.4 cm³/mol. The Labute approximate surface area is 104 Å². The van der Waals surface area contributed by atoms with Crippen LogP contribution in [0.2, 0.25) is 0 Å². The van der Waals surface area contributed by atoms with Gasteiger partial charge in [0.2, 0.25) is 0 Å². The molecule has 3 heteroatoms. The van der Waals surface area contributed by atoms with Gasteiger partial charge in [-0.05, 0) is 43.2 Å². The maximum absolute atomic E-state index is 5.10. The summed E-state index contributed by atoms with van der Waals surface area (Å²) in [7, 11) is 1.66. The number of aromatic nitrogens is 1. The van der Waals surface area contributed by atoms with Crippen molar-refractivity contribution in [1.29, 1.82) is 0 Å². The van der Waals surface area contributed by atoms with E-state index in [1.54, 1.807) is 13.3 Å². The van der Waals surface area contributed by atoms with E-state index in [1.165, 1.54) is 19.3 Å². The van der Waals surface area contributed by atoms with Crippen LogP contribution in [0.25, 0.3) is 0 Å². The average Bonchev–Trinajstić information content (AvgIpc) is 2.28. The van der Waals surface area contributed by atoms with Crippen molar-refractivity contribution < 1.29 is 4.74 Å². The summed E-state index contributed by atoms with van der Waals surface area (Å²) in [5, 5.41) is 3.53. The Morgan fingerprint density at radius 2 is 1.88 bits per heavy atom. The molecule has 0 aliphatic heterocycles. The van der Waals surface area contributed by atoms with Crippen LogP contribution in [0.5, 0.6) is 5.75 Å². The second-order valence-electron chi connectivity index (χ2n) is 5.34. The molecule has 0 spiro atoms. The van der Waals surface area contributed by atoms with E-state index in [-0.39, 0.29) is 0 Å². The third-order valence-corrected chi connectivity index (χ3v) is 3.50. The summed E-state index contributed by atoms with van der Waals surface area (Å²) in [6.45, 7) is 4.68. The minimum atomic E-state index is 0.564. The van der Waals surface area contributed by atoms with Gasteiger partial charge in [-0.1, -0.05) is 13.8 Å². The van der Waals surface area contributed by atoms with Crippen LogP contribution in [-0.2, 0) is 0 Å². The molecule has 1 aliphatic rings. The molecule has 0 bridgehead atoms. The molecule has 2 unspecified atom stereocenters. The third-order valence-electron chi connectivity index (χ3n) is 3.50. The van der Waals surface area contributed by atoms with Gasteiger partial charge in [-0.15, -0.1) is 0 Å². The summed E-state index contributed by atoms with van der Waals surface area (Å²) in [5.41, 5.74) is 0. The maximum atomic E-state index is 5.10. The number of hydrogen-bond donors (Lipinski definition) is 1. The fourth-order valence-electron chi connectivity index (χ4n) is 2.86. The highest BCUT2D eigenvalue weighted by Crippen LogP contribution is 2.30. The lowest BCUT2D eigenvalue weighted by Crippen LogP contribution is -2.30. The molecule has 1 heterocycles. The van der Waals surface area contributed by atoms with Crippen molar-refractivity contribution in [3.05, 3.63) is 18.3 Å². The summed E-state index contributed by atoms with van der Waals surface area (Å²) in [6.07, 6.45) is 5.61. The molecule has 94 valence electrons. The van der Waals surface area contributed by atoms with Crippen LogP contribution in [0.1, 0.15) is 33.1 Å². The van der Waals surface area contributed by atoms with E-state index in [0.29, 0.717) is 6.04 Å². The number of rotatable bonds is 3. The molecular formula is C14H22N2O. The highest BCUT2D eigenvalue weighted by Gasteiger charge is 2.23. The van der Waals surface area contributed by atoms with Gasteiger partial charge in [-0.2, -0.15) is 0 Å². The molecule has 2 rings (SSSR count). The molecule has 0 saturated heterocycles. The second kappa shape index (κ2) is 5.39. The van der Waals surface area contributed by atoms with Crippen molar-refractivity contribution in [2.75, 3.05) is 12.4 Å². The van der Waals surface area contributed by atoms with Gasteiger partial charge >= 0.3 is 0 Å². The summed E-state index contributed by atoms with van der Waals surface area (Å²) >= 11 is 0. The molecule has 0 radical (unpaired) electrons. The van der Waals surface area contributed by atoms with Crippen molar-refractivity contribution >= 4 is 5.82 Å². The van der Waals surface area contributed by atoms with E-state index in [9.17, 15) is 0 Å². The molecule has 1 saturated carbocycles. The van der Waals surface area contributed by atoms with Gasteiger partial charge in [0.1, 0.15) is 11.6 Å². The van der Waals surface area contributed by atoms with Crippen molar-refractivity contribution in [2.45, 2.75) is 39.2 Å². The normalized spacial score (nSPS) is 28.8. The maximum Gasteiger partial charge on any atom is 0.137 e. The zero-order chi connectivity index (χ0) is 12.3. The van der Waals surface area contributed by atoms with Gasteiger partial charge < -0.3 is 10.1 Å². The molecule has 1 aromatic heterocycles. The van der Waals surface area contributed by atoms with E-state index in [0.717, 1.165) is 23.4 Å². The van der Waals surface area contributed by atoms with Gasteiger partial charge in [-0.25, -0.2) is 4.98 Å². The molecule has 3 nitrogen and oxygen atoms in total. The monoisotopic (exact) mass is 234 g/mol. The number of pyridine rings is 1. The van der Waals surface area contributed by atoms with Gasteiger partial charge in [0, 0.05) is 6.04 Å². The highest BCUT2D eigenvalue weighted by molar-refractivity contribution is 5.38. The third kappa shape index (κ3) is 3.35. The average molecular weight is 234 g/mol. The summed E-state index contributed by atoms with van der Waals surface area (Å²) in [5.74, 6) is 3.39. The molecule has 17 heavy (non-hydrogen) atoms. The molecule has 1 aromatic rings. The zero-order valence-corrected chi connectivity index (χ0v) is 10.9. The Morgan fingerprint density at radius 3 is 2.41 bits per heavy atom. The van der Waals surface area contributed by atoms with E-state index >= 15 is 0 Å². The van der Waals surface area contributed by atoms with Gasteiger partial charge in [0.05, 0.1) is 13.3 Å². The smallest absolute Gasteiger partial charge is 0.137 e. The molecule has 1 fully saturated rings. The van der Waals surface area contributed by atoms with E-state index in [2.05, 4.69) is 24.1 Å². The number of nitrogens with zero attached hydrogens (tertiary/aromatic N) is 1. The Kier molecular flexibility index (Phi) is 3.87. The Morgan fingerprint density at radius 1 is 1.18 bits per heavy atom. The zero-order valence-electron chi connectivity index (χ0n) is 10.9. The minimum absolute atomic E-state index is 0.564. The SMILES string of the molecule is COc1ccc(NC2CC(C)CC(C)C2)nc1. The number of ether oxygens (including phenoxy) is 1. The van der Waals surface area contributed by atoms with Crippen molar-refractivity contribution in [1.82, 2.24) is 4.98 Å². The fourth-order valence-corrected chi connectivity index (χ4v) is 2.86. The van der Waals surface area contributed by atoms with Crippen LogP contribution in [0.15, 0.2) is 18.3 Å². The molecule has 0 aromatic carbocycles. The molecule has 1 aliphatic carbocycles. The topological polar surface area (TPSA) is 34.1 Å². The Hall–Kier alpha value is -1.25.